The first-order chi connectivity index (χ1) is 7.65. The van der Waals surface area contributed by atoms with Gasteiger partial charge >= 0.3 is 0 Å². The molecule has 3 N–H and O–H groups in total. The number of rotatable bonds is 5. The molecule has 0 fully saturated rings. The van der Waals surface area contributed by atoms with E-state index in [1.165, 1.54) is 0 Å². The standard InChI is InChI=1S/C12H18N2O2/c1-9(10-6-4-3-5-7-10)14-12(16)11(15)8-13-2/h3-7,9,11,13,15H,8H2,1-2H3,(H,14,16)/t9-,11?/m1/s1. The molecule has 0 aliphatic rings. The minimum absolute atomic E-state index is 0.0970. The third-order valence-electron chi connectivity index (χ3n) is 2.36. The summed E-state index contributed by atoms with van der Waals surface area (Å²) in [5.74, 6) is -0.356. The normalized spacial score (nSPS) is 14.2. The van der Waals surface area contributed by atoms with Gasteiger partial charge in [0.2, 0.25) is 0 Å². The van der Waals surface area contributed by atoms with Gasteiger partial charge in [-0.25, -0.2) is 0 Å². The van der Waals surface area contributed by atoms with Crippen LogP contribution in [0.1, 0.15) is 18.5 Å². The van der Waals surface area contributed by atoms with Crippen molar-refractivity contribution in [2.24, 2.45) is 0 Å². The van der Waals surface area contributed by atoms with E-state index in [0.717, 1.165) is 5.56 Å². The molecule has 4 nitrogen and oxygen atoms in total. The van der Waals surface area contributed by atoms with Gasteiger partial charge in [0.1, 0.15) is 6.10 Å². The Bertz CT molecular complexity index is 327. The molecule has 0 spiro atoms. The van der Waals surface area contributed by atoms with Crippen LogP contribution in [0.2, 0.25) is 0 Å². The van der Waals surface area contributed by atoms with Gasteiger partial charge in [0, 0.05) is 6.54 Å². The molecule has 1 amide bonds. The molecule has 2 atom stereocenters. The Kier molecular flexibility index (Phi) is 4.95. The molecule has 1 rings (SSSR count). The van der Waals surface area contributed by atoms with E-state index >= 15 is 0 Å². The highest BCUT2D eigenvalue weighted by Gasteiger charge is 2.16. The minimum Gasteiger partial charge on any atom is -0.382 e. The molecule has 0 bridgehead atoms. The van der Waals surface area contributed by atoms with Crippen molar-refractivity contribution < 1.29 is 9.90 Å². The molecule has 0 aromatic heterocycles. The van der Waals surface area contributed by atoms with Gasteiger partial charge in [-0.15, -0.1) is 0 Å². The van der Waals surface area contributed by atoms with Crippen molar-refractivity contribution >= 4 is 5.91 Å². The number of aliphatic hydroxyl groups excluding tert-OH is 1. The summed E-state index contributed by atoms with van der Waals surface area (Å²) in [6.45, 7) is 2.15. The van der Waals surface area contributed by atoms with Crippen molar-refractivity contribution in [3.05, 3.63) is 35.9 Å². The first-order valence-electron chi connectivity index (χ1n) is 5.33. The molecule has 0 saturated heterocycles. The highest BCUT2D eigenvalue weighted by atomic mass is 16.3. The Morgan fingerprint density at radius 1 is 1.38 bits per heavy atom. The third-order valence-corrected chi connectivity index (χ3v) is 2.36. The predicted octanol–water partition coefficient (Wildman–Crippen LogP) is 0.444. The maximum Gasteiger partial charge on any atom is 0.250 e. The maximum absolute atomic E-state index is 11.5. The first-order valence-corrected chi connectivity index (χ1v) is 5.33. The van der Waals surface area contributed by atoms with Crippen molar-refractivity contribution in [2.45, 2.75) is 19.1 Å². The maximum atomic E-state index is 11.5. The van der Waals surface area contributed by atoms with Crippen molar-refractivity contribution in [3.8, 4) is 0 Å². The average molecular weight is 222 g/mol. The summed E-state index contributed by atoms with van der Waals surface area (Å²) in [6, 6.07) is 9.54. The van der Waals surface area contributed by atoms with Crippen LogP contribution in [-0.4, -0.2) is 30.7 Å². The van der Waals surface area contributed by atoms with E-state index < -0.39 is 6.10 Å². The molecule has 88 valence electrons. The fourth-order valence-corrected chi connectivity index (χ4v) is 1.42. The van der Waals surface area contributed by atoms with Gasteiger partial charge in [-0.3, -0.25) is 4.79 Å². The molecule has 0 radical (unpaired) electrons. The van der Waals surface area contributed by atoms with Crippen molar-refractivity contribution in [3.63, 3.8) is 0 Å². The third kappa shape index (κ3) is 3.64. The SMILES string of the molecule is CNCC(O)C(=O)N[C@H](C)c1ccccc1. The number of likely N-dealkylation sites (N-methyl/N-ethyl adjacent to an activating group) is 1. The number of carbonyl (C=O) groups is 1. The van der Waals surface area contributed by atoms with Gasteiger partial charge in [0.05, 0.1) is 6.04 Å². The minimum atomic E-state index is -1.00. The second-order valence-electron chi connectivity index (χ2n) is 3.71. The lowest BCUT2D eigenvalue weighted by Crippen LogP contribution is -2.41. The van der Waals surface area contributed by atoms with Crippen molar-refractivity contribution in [2.75, 3.05) is 13.6 Å². The molecular formula is C12H18N2O2. The van der Waals surface area contributed by atoms with Gasteiger partial charge in [-0.1, -0.05) is 30.3 Å². The smallest absolute Gasteiger partial charge is 0.250 e. The zero-order valence-corrected chi connectivity index (χ0v) is 9.60. The van der Waals surface area contributed by atoms with Crippen molar-refractivity contribution in [1.29, 1.82) is 0 Å². The molecule has 0 saturated carbocycles. The van der Waals surface area contributed by atoms with E-state index in [2.05, 4.69) is 10.6 Å². The van der Waals surface area contributed by atoms with Gasteiger partial charge in [-0.2, -0.15) is 0 Å². The van der Waals surface area contributed by atoms with E-state index in [1.807, 2.05) is 37.3 Å². The lowest BCUT2D eigenvalue weighted by Gasteiger charge is -2.17. The van der Waals surface area contributed by atoms with Gasteiger partial charge < -0.3 is 15.7 Å². The Hall–Kier alpha value is -1.39. The van der Waals surface area contributed by atoms with Crippen LogP contribution in [0, 0.1) is 0 Å². The lowest BCUT2D eigenvalue weighted by atomic mass is 10.1. The molecule has 0 aliphatic heterocycles. The molecule has 1 unspecified atom stereocenters. The number of benzene rings is 1. The largest absolute Gasteiger partial charge is 0.382 e. The Balaban J connectivity index is 2.51. The van der Waals surface area contributed by atoms with Crippen molar-refractivity contribution in [1.82, 2.24) is 10.6 Å². The lowest BCUT2D eigenvalue weighted by molar-refractivity contribution is -0.129. The van der Waals surface area contributed by atoms with Gasteiger partial charge in [-0.05, 0) is 19.5 Å². The summed E-state index contributed by atoms with van der Waals surface area (Å²) in [4.78, 5) is 11.5. The van der Waals surface area contributed by atoms with E-state index in [9.17, 15) is 9.90 Å². The molecule has 4 heteroatoms. The van der Waals surface area contributed by atoms with E-state index in [-0.39, 0.29) is 18.5 Å². The van der Waals surface area contributed by atoms with Crippen LogP contribution in [-0.2, 0) is 4.79 Å². The second-order valence-corrected chi connectivity index (χ2v) is 3.71. The summed E-state index contributed by atoms with van der Waals surface area (Å²) in [5, 5.41) is 14.9. The zero-order valence-electron chi connectivity index (χ0n) is 9.60. The quantitative estimate of drug-likeness (QED) is 0.677. The fourth-order valence-electron chi connectivity index (χ4n) is 1.42. The highest BCUT2D eigenvalue weighted by molar-refractivity contribution is 5.81. The summed E-state index contributed by atoms with van der Waals surface area (Å²) >= 11 is 0. The van der Waals surface area contributed by atoms with Gasteiger partial charge in [0.15, 0.2) is 0 Å². The number of carbonyl (C=O) groups excluding carboxylic acids is 1. The monoisotopic (exact) mass is 222 g/mol. The number of hydrogen-bond acceptors (Lipinski definition) is 3. The molecule has 1 aromatic rings. The van der Waals surface area contributed by atoms with E-state index in [1.54, 1.807) is 7.05 Å². The molecular weight excluding hydrogens is 204 g/mol. The van der Waals surface area contributed by atoms with Crippen LogP contribution in [0.15, 0.2) is 30.3 Å². The molecule has 1 aromatic carbocycles. The van der Waals surface area contributed by atoms with Crippen LogP contribution in [0.25, 0.3) is 0 Å². The number of aliphatic hydroxyl groups is 1. The molecule has 16 heavy (non-hydrogen) atoms. The summed E-state index contributed by atoms with van der Waals surface area (Å²) in [7, 11) is 1.69. The molecule has 0 aliphatic carbocycles. The van der Waals surface area contributed by atoms with Crippen LogP contribution < -0.4 is 10.6 Å². The zero-order chi connectivity index (χ0) is 12.0. The first kappa shape index (κ1) is 12.7. The topological polar surface area (TPSA) is 61.4 Å². The number of nitrogens with one attached hydrogen (secondary N) is 2. The van der Waals surface area contributed by atoms with Gasteiger partial charge in [0.25, 0.3) is 5.91 Å². The Morgan fingerprint density at radius 3 is 2.56 bits per heavy atom. The van der Waals surface area contributed by atoms with E-state index in [0.29, 0.717) is 0 Å². The summed E-state index contributed by atoms with van der Waals surface area (Å²) in [5.41, 5.74) is 1.02. The highest BCUT2D eigenvalue weighted by Crippen LogP contribution is 2.10. The average Bonchev–Trinajstić information content (AvgIpc) is 2.30. The Labute approximate surface area is 95.7 Å². The number of hydrogen-bond donors (Lipinski definition) is 3. The number of amides is 1. The van der Waals surface area contributed by atoms with Crippen LogP contribution in [0.4, 0.5) is 0 Å². The van der Waals surface area contributed by atoms with Crippen LogP contribution in [0.3, 0.4) is 0 Å². The van der Waals surface area contributed by atoms with E-state index in [4.69, 9.17) is 0 Å². The molecule has 0 heterocycles. The Morgan fingerprint density at radius 2 is 2.00 bits per heavy atom. The fraction of sp³-hybridized carbons (Fsp3) is 0.417. The van der Waals surface area contributed by atoms with Crippen LogP contribution in [0.5, 0.6) is 0 Å². The predicted molar refractivity (Wildman–Crippen MR) is 62.9 cm³/mol. The summed E-state index contributed by atoms with van der Waals surface area (Å²) in [6.07, 6.45) is -1.00. The second kappa shape index (κ2) is 6.25. The van der Waals surface area contributed by atoms with Crippen LogP contribution >= 0.6 is 0 Å². The summed E-state index contributed by atoms with van der Waals surface area (Å²) < 4.78 is 0.